The SMILES string of the molecule is O=C(N/N=C/c1c(O)n(-c2cccc(C(F)(F)F)c2)c(=O)c2ccccc12)c1ccc(Br)cc1. The first-order valence-electron chi connectivity index (χ1n) is 9.80. The van der Waals surface area contributed by atoms with Crippen LogP contribution in [0.25, 0.3) is 16.5 Å². The van der Waals surface area contributed by atoms with Gasteiger partial charge >= 0.3 is 6.18 Å². The third-order valence-electron chi connectivity index (χ3n) is 5.00. The molecule has 0 saturated carbocycles. The van der Waals surface area contributed by atoms with Crippen molar-refractivity contribution in [1.82, 2.24) is 9.99 Å². The number of rotatable bonds is 4. The first-order chi connectivity index (χ1) is 16.2. The highest BCUT2D eigenvalue weighted by Gasteiger charge is 2.31. The quantitative estimate of drug-likeness (QED) is 0.280. The normalized spacial score (nSPS) is 11.8. The molecule has 1 amide bonds. The Labute approximate surface area is 199 Å². The molecule has 34 heavy (non-hydrogen) atoms. The molecule has 6 nitrogen and oxygen atoms in total. The summed E-state index contributed by atoms with van der Waals surface area (Å²) < 4.78 is 41.2. The predicted octanol–water partition coefficient (Wildman–Crippen LogP) is 5.24. The van der Waals surface area contributed by atoms with E-state index in [9.17, 15) is 27.9 Å². The molecular formula is C24H15BrF3N3O3. The lowest BCUT2D eigenvalue weighted by Crippen LogP contribution is -2.21. The van der Waals surface area contributed by atoms with Gasteiger partial charge in [0, 0.05) is 20.8 Å². The lowest BCUT2D eigenvalue weighted by molar-refractivity contribution is -0.137. The van der Waals surface area contributed by atoms with E-state index in [1.807, 2.05) is 0 Å². The van der Waals surface area contributed by atoms with Crippen LogP contribution in [0, 0.1) is 0 Å². The average molecular weight is 530 g/mol. The molecule has 0 aliphatic carbocycles. The van der Waals surface area contributed by atoms with Crippen LogP contribution < -0.4 is 11.0 Å². The van der Waals surface area contributed by atoms with E-state index in [1.165, 1.54) is 12.1 Å². The number of hydrogen-bond donors (Lipinski definition) is 2. The molecule has 0 saturated heterocycles. The van der Waals surface area contributed by atoms with Crippen LogP contribution in [0.5, 0.6) is 5.88 Å². The smallest absolute Gasteiger partial charge is 0.416 e. The number of carbonyl (C=O) groups is 1. The molecule has 1 heterocycles. The Hall–Kier alpha value is -3.92. The van der Waals surface area contributed by atoms with Crippen LogP contribution in [0.4, 0.5) is 13.2 Å². The van der Waals surface area contributed by atoms with Gasteiger partial charge in [-0.15, -0.1) is 0 Å². The van der Waals surface area contributed by atoms with Crippen molar-refractivity contribution in [2.24, 2.45) is 5.10 Å². The molecular weight excluding hydrogens is 515 g/mol. The molecule has 4 rings (SSSR count). The number of pyridine rings is 1. The maximum absolute atomic E-state index is 13.2. The van der Waals surface area contributed by atoms with Gasteiger partial charge in [0.15, 0.2) is 0 Å². The number of nitrogens with zero attached hydrogens (tertiary/aromatic N) is 2. The van der Waals surface area contributed by atoms with Gasteiger partial charge in [-0.25, -0.2) is 9.99 Å². The summed E-state index contributed by atoms with van der Waals surface area (Å²) in [6.07, 6.45) is -3.49. The standard InChI is InChI=1S/C24H15BrF3N3O3/c25-16-10-8-14(9-11-16)21(32)30-29-13-20-18-6-1-2-7-19(18)22(33)31(23(20)34)17-5-3-4-15(12-17)24(26,27)28/h1-13,34H,(H,30,32)/b29-13+. The molecule has 0 unspecified atom stereocenters. The molecule has 0 radical (unpaired) electrons. The van der Waals surface area contributed by atoms with E-state index < -0.39 is 29.1 Å². The Bertz CT molecular complexity index is 1480. The zero-order valence-corrected chi connectivity index (χ0v) is 18.8. The molecule has 0 aliphatic rings. The minimum atomic E-state index is -4.63. The fourth-order valence-corrected chi connectivity index (χ4v) is 3.64. The number of nitrogens with one attached hydrogen (secondary N) is 1. The largest absolute Gasteiger partial charge is 0.494 e. The van der Waals surface area contributed by atoms with Gasteiger partial charge < -0.3 is 5.11 Å². The number of carbonyl (C=O) groups excluding carboxylic acids is 1. The second kappa shape index (κ2) is 9.14. The fourth-order valence-electron chi connectivity index (χ4n) is 3.37. The van der Waals surface area contributed by atoms with Crippen molar-refractivity contribution in [2.75, 3.05) is 0 Å². The summed E-state index contributed by atoms with van der Waals surface area (Å²) in [5, 5.41) is 15.2. The fraction of sp³-hybridized carbons (Fsp3) is 0.0417. The second-order valence-electron chi connectivity index (χ2n) is 7.18. The summed E-state index contributed by atoms with van der Waals surface area (Å²) in [6, 6.07) is 16.9. The number of fused-ring (bicyclic) bond motifs is 1. The lowest BCUT2D eigenvalue weighted by Gasteiger charge is -2.15. The van der Waals surface area contributed by atoms with E-state index in [2.05, 4.69) is 26.5 Å². The van der Waals surface area contributed by atoms with Crippen LogP contribution in [-0.2, 0) is 6.18 Å². The molecule has 0 atom stereocenters. The third kappa shape index (κ3) is 4.58. The van der Waals surface area contributed by atoms with Gasteiger partial charge in [0.2, 0.25) is 5.88 Å². The predicted molar refractivity (Wildman–Crippen MR) is 125 cm³/mol. The molecule has 0 fully saturated rings. The Morgan fingerprint density at radius 1 is 1.00 bits per heavy atom. The monoisotopic (exact) mass is 529 g/mol. The van der Waals surface area contributed by atoms with E-state index in [0.717, 1.165) is 33.5 Å². The number of hydrazone groups is 1. The molecule has 2 N–H and O–H groups in total. The van der Waals surface area contributed by atoms with Crippen molar-refractivity contribution in [3.63, 3.8) is 0 Å². The molecule has 4 aromatic rings. The van der Waals surface area contributed by atoms with Crippen LogP contribution in [0.1, 0.15) is 21.5 Å². The van der Waals surface area contributed by atoms with Crippen molar-refractivity contribution in [3.8, 4) is 11.6 Å². The Morgan fingerprint density at radius 2 is 1.68 bits per heavy atom. The summed E-state index contributed by atoms with van der Waals surface area (Å²) in [5.41, 5.74) is 0.865. The molecule has 1 aromatic heterocycles. The second-order valence-corrected chi connectivity index (χ2v) is 8.09. The first-order valence-corrected chi connectivity index (χ1v) is 10.6. The van der Waals surface area contributed by atoms with Crippen molar-refractivity contribution < 1.29 is 23.1 Å². The van der Waals surface area contributed by atoms with E-state index in [0.29, 0.717) is 10.9 Å². The number of benzene rings is 3. The Morgan fingerprint density at radius 3 is 2.35 bits per heavy atom. The molecule has 10 heteroatoms. The summed E-state index contributed by atoms with van der Waals surface area (Å²) in [7, 11) is 0. The number of hydrogen-bond acceptors (Lipinski definition) is 4. The summed E-state index contributed by atoms with van der Waals surface area (Å²) in [4.78, 5) is 25.4. The third-order valence-corrected chi connectivity index (χ3v) is 5.53. The Kier molecular flexibility index (Phi) is 6.25. The van der Waals surface area contributed by atoms with Crippen molar-refractivity contribution in [2.45, 2.75) is 6.18 Å². The van der Waals surface area contributed by atoms with Crippen LogP contribution in [0.3, 0.4) is 0 Å². The van der Waals surface area contributed by atoms with Crippen molar-refractivity contribution >= 4 is 38.8 Å². The number of aromatic hydroxyl groups is 1. The van der Waals surface area contributed by atoms with Gasteiger partial charge in [0.05, 0.1) is 23.0 Å². The maximum Gasteiger partial charge on any atom is 0.416 e. The zero-order valence-electron chi connectivity index (χ0n) is 17.2. The minimum absolute atomic E-state index is 0.0451. The van der Waals surface area contributed by atoms with Gasteiger partial charge in [-0.1, -0.05) is 40.2 Å². The number of amides is 1. The van der Waals surface area contributed by atoms with E-state index in [1.54, 1.807) is 42.5 Å². The highest BCUT2D eigenvalue weighted by atomic mass is 79.9. The summed E-state index contributed by atoms with van der Waals surface area (Å²) in [5.74, 6) is -1.14. The molecule has 0 aliphatic heterocycles. The van der Waals surface area contributed by atoms with Gasteiger partial charge in [-0.3, -0.25) is 9.59 Å². The van der Waals surface area contributed by atoms with Crippen LogP contribution >= 0.6 is 15.9 Å². The first kappa shape index (κ1) is 23.2. The van der Waals surface area contributed by atoms with Gasteiger partial charge in [-0.2, -0.15) is 18.3 Å². The van der Waals surface area contributed by atoms with Crippen LogP contribution in [-0.4, -0.2) is 21.8 Å². The van der Waals surface area contributed by atoms with Crippen molar-refractivity contribution in [1.29, 1.82) is 0 Å². The van der Waals surface area contributed by atoms with Gasteiger partial charge in [0.25, 0.3) is 11.5 Å². The molecule has 0 spiro atoms. The molecule has 0 bridgehead atoms. The zero-order chi connectivity index (χ0) is 24.5. The average Bonchev–Trinajstić information content (AvgIpc) is 2.81. The summed E-state index contributed by atoms with van der Waals surface area (Å²) in [6.45, 7) is 0. The summed E-state index contributed by atoms with van der Waals surface area (Å²) >= 11 is 3.28. The molecule has 3 aromatic carbocycles. The van der Waals surface area contributed by atoms with E-state index in [-0.39, 0.29) is 16.6 Å². The highest BCUT2D eigenvalue weighted by Crippen LogP contribution is 2.32. The topological polar surface area (TPSA) is 83.7 Å². The molecule has 172 valence electrons. The van der Waals surface area contributed by atoms with Crippen LogP contribution in [0.2, 0.25) is 0 Å². The van der Waals surface area contributed by atoms with Gasteiger partial charge in [0.1, 0.15) is 0 Å². The van der Waals surface area contributed by atoms with Gasteiger partial charge in [-0.05, 0) is 48.5 Å². The highest BCUT2D eigenvalue weighted by molar-refractivity contribution is 9.10. The van der Waals surface area contributed by atoms with E-state index >= 15 is 0 Å². The number of alkyl halides is 3. The number of halogens is 4. The maximum atomic E-state index is 13.2. The number of aromatic nitrogens is 1. The Balaban J connectivity index is 1.80. The minimum Gasteiger partial charge on any atom is -0.494 e. The lowest BCUT2D eigenvalue weighted by atomic mass is 10.1. The van der Waals surface area contributed by atoms with Crippen molar-refractivity contribution in [3.05, 3.63) is 104 Å². The van der Waals surface area contributed by atoms with Crippen LogP contribution in [0.15, 0.2) is 87.2 Å². The van der Waals surface area contributed by atoms with E-state index in [4.69, 9.17) is 0 Å².